The summed E-state index contributed by atoms with van der Waals surface area (Å²) in [7, 11) is 0. The highest BCUT2D eigenvalue weighted by Gasteiger charge is 2.36. The van der Waals surface area contributed by atoms with Crippen LogP contribution in [0.15, 0.2) is 18.3 Å². The van der Waals surface area contributed by atoms with Crippen molar-refractivity contribution < 1.29 is 14.7 Å². The number of hydrogen-bond donors (Lipinski definition) is 2. The third-order valence-electron chi connectivity index (χ3n) is 3.89. The van der Waals surface area contributed by atoms with Crippen molar-refractivity contribution in [3.8, 4) is 0 Å². The Morgan fingerprint density at radius 2 is 2.05 bits per heavy atom. The first kappa shape index (κ1) is 13.9. The Bertz CT molecular complexity index is 536. The molecule has 112 valence electrons. The number of pyridine rings is 1. The van der Waals surface area contributed by atoms with Gasteiger partial charge in [-0.3, -0.25) is 0 Å². The third-order valence-corrected chi connectivity index (χ3v) is 3.89. The van der Waals surface area contributed by atoms with Gasteiger partial charge in [-0.1, -0.05) is 6.07 Å². The second kappa shape index (κ2) is 5.71. The number of amides is 2. The van der Waals surface area contributed by atoms with E-state index >= 15 is 0 Å². The largest absolute Gasteiger partial charge is 0.477 e. The van der Waals surface area contributed by atoms with E-state index in [1.807, 2.05) is 4.90 Å². The Morgan fingerprint density at radius 1 is 1.29 bits per heavy atom. The molecule has 2 N–H and O–H groups in total. The molecule has 0 bridgehead atoms. The van der Waals surface area contributed by atoms with E-state index in [1.54, 1.807) is 6.07 Å². The van der Waals surface area contributed by atoms with Crippen molar-refractivity contribution in [1.82, 2.24) is 15.2 Å². The predicted octanol–water partition coefficient (Wildman–Crippen LogP) is 1.86. The lowest BCUT2D eigenvalue weighted by molar-refractivity contribution is 0.0690. The minimum atomic E-state index is -1.05. The van der Waals surface area contributed by atoms with Crippen LogP contribution in [0.25, 0.3) is 0 Å². The number of rotatable bonds is 6. The van der Waals surface area contributed by atoms with Crippen molar-refractivity contribution in [3.63, 3.8) is 0 Å². The van der Waals surface area contributed by atoms with E-state index < -0.39 is 5.97 Å². The van der Waals surface area contributed by atoms with Gasteiger partial charge in [0.25, 0.3) is 0 Å². The Morgan fingerprint density at radius 3 is 2.57 bits per heavy atom. The standard InChI is InChI=1S/C15H19N3O3/c19-14(20)13-6-3-11(7-16-13)8-17-15(21)18(12-4-5-12)9-10-1-2-10/h3,6-7,10,12H,1-2,4-5,8-9H2,(H,17,21)(H,19,20). The molecule has 0 spiro atoms. The fourth-order valence-electron chi connectivity index (χ4n) is 2.30. The van der Waals surface area contributed by atoms with Crippen LogP contribution in [0.5, 0.6) is 0 Å². The predicted molar refractivity (Wildman–Crippen MR) is 75.9 cm³/mol. The molecule has 6 nitrogen and oxygen atoms in total. The van der Waals surface area contributed by atoms with Crippen LogP contribution < -0.4 is 5.32 Å². The van der Waals surface area contributed by atoms with E-state index in [4.69, 9.17) is 5.11 Å². The molecule has 0 saturated heterocycles. The van der Waals surface area contributed by atoms with Gasteiger partial charge in [-0.2, -0.15) is 0 Å². The van der Waals surface area contributed by atoms with E-state index in [1.165, 1.54) is 25.1 Å². The first-order valence-corrected chi connectivity index (χ1v) is 7.36. The second-order valence-electron chi connectivity index (χ2n) is 5.84. The average Bonchev–Trinajstić information content (AvgIpc) is 3.36. The van der Waals surface area contributed by atoms with E-state index in [-0.39, 0.29) is 11.7 Å². The van der Waals surface area contributed by atoms with Gasteiger partial charge in [-0.15, -0.1) is 0 Å². The molecule has 0 radical (unpaired) electrons. The fourth-order valence-corrected chi connectivity index (χ4v) is 2.30. The van der Waals surface area contributed by atoms with Gasteiger partial charge in [0, 0.05) is 25.3 Å². The van der Waals surface area contributed by atoms with E-state index in [9.17, 15) is 9.59 Å². The van der Waals surface area contributed by atoms with E-state index in [2.05, 4.69) is 10.3 Å². The van der Waals surface area contributed by atoms with Gasteiger partial charge < -0.3 is 15.3 Å². The number of aromatic nitrogens is 1. The van der Waals surface area contributed by atoms with Crippen molar-refractivity contribution in [2.45, 2.75) is 38.3 Å². The molecule has 3 rings (SSSR count). The molecular formula is C15H19N3O3. The lowest BCUT2D eigenvalue weighted by Gasteiger charge is -2.22. The van der Waals surface area contributed by atoms with Crippen molar-refractivity contribution in [2.24, 2.45) is 5.92 Å². The average molecular weight is 289 g/mol. The molecule has 0 atom stereocenters. The van der Waals surface area contributed by atoms with Crippen molar-refractivity contribution in [3.05, 3.63) is 29.6 Å². The summed E-state index contributed by atoms with van der Waals surface area (Å²) in [5.74, 6) is -0.359. The molecule has 2 aliphatic rings. The number of carboxylic acids is 1. The summed E-state index contributed by atoms with van der Waals surface area (Å²) in [5, 5.41) is 11.7. The summed E-state index contributed by atoms with van der Waals surface area (Å²) in [6, 6.07) is 3.52. The topological polar surface area (TPSA) is 82.5 Å². The molecule has 0 aliphatic heterocycles. The Balaban J connectivity index is 1.52. The normalized spacial score (nSPS) is 17.3. The minimum Gasteiger partial charge on any atom is -0.477 e. The van der Waals surface area contributed by atoms with Gasteiger partial charge in [-0.25, -0.2) is 14.6 Å². The summed E-state index contributed by atoms with van der Waals surface area (Å²) in [6.45, 7) is 1.24. The molecule has 6 heteroatoms. The summed E-state index contributed by atoms with van der Waals surface area (Å²) in [6.07, 6.45) is 6.17. The van der Waals surface area contributed by atoms with Crippen LogP contribution in [0, 0.1) is 5.92 Å². The molecule has 1 aromatic heterocycles. The number of carbonyl (C=O) groups is 2. The molecule has 1 aromatic rings. The van der Waals surface area contributed by atoms with Gasteiger partial charge in [0.05, 0.1) is 0 Å². The molecule has 2 saturated carbocycles. The van der Waals surface area contributed by atoms with Crippen molar-refractivity contribution >= 4 is 12.0 Å². The maximum absolute atomic E-state index is 12.2. The molecule has 2 amide bonds. The summed E-state index contributed by atoms with van der Waals surface area (Å²) in [5.41, 5.74) is 0.814. The van der Waals surface area contributed by atoms with Crippen LogP contribution >= 0.6 is 0 Å². The monoisotopic (exact) mass is 289 g/mol. The number of urea groups is 1. The van der Waals surface area contributed by atoms with Crippen LogP contribution in [0.4, 0.5) is 4.79 Å². The van der Waals surface area contributed by atoms with Crippen molar-refractivity contribution in [1.29, 1.82) is 0 Å². The summed E-state index contributed by atoms with van der Waals surface area (Å²) >= 11 is 0. The molecule has 1 heterocycles. The van der Waals surface area contributed by atoms with Gasteiger partial charge in [0.15, 0.2) is 0 Å². The molecule has 21 heavy (non-hydrogen) atoms. The van der Waals surface area contributed by atoms with Crippen LogP contribution in [0.2, 0.25) is 0 Å². The first-order chi connectivity index (χ1) is 10.1. The highest BCUT2D eigenvalue weighted by Crippen LogP contribution is 2.34. The summed E-state index contributed by atoms with van der Waals surface area (Å²) in [4.78, 5) is 28.8. The Labute approximate surface area is 123 Å². The van der Waals surface area contributed by atoms with Gasteiger partial charge in [0.1, 0.15) is 5.69 Å². The smallest absolute Gasteiger partial charge is 0.354 e. The second-order valence-corrected chi connectivity index (χ2v) is 5.84. The van der Waals surface area contributed by atoms with Crippen LogP contribution in [-0.2, 0) is 6.54 Å². The van der Waals surface area contributed by atoms with Crippen LogP contribution in [-0.4, -0.2) is 39.6 Å². The number of aromatic carboxylic acids is 1. The Hall–Kier alpha value is -2.11. The lowest BCUT2D eigenvalue weighted by Crippen LogP contribution is -2.42. The number of nitrogens with one attached hydrogen (secondary N) is 1. The van der Waals surface area contributed by atoms with Crippen LogP contribution in [0.1, 0.15) is 41.7 Å². The number of carboxylic acid groups (broad SMARTS) is 1. The van der Waals surface area contributed by atoms with Gasteiger partial charge in [0.2, 0.25) is 0 Å². The van der Waals surface area contributed by atoms with Gasteiger partial charge >= 0.3 is 12.0 Å². The molecule has 2 aliphatic carbocycles. The van der Waals surface area contributed by atoms with E-state index in [0.29, 0.717) is 18.5 Å². The first-order valence-electron chi connectivity index (χ1n) is 7.36. The molecule has 0 unspecified atom stereocenters. The Kier molecular flexibility index (Phi) is 3.77. The minimum absolute atomic E-state index is 0.0124. The van der Waals surface area contributed by atoms with Gasteiger partial charge in [-0.05, 0) is 43.2 Å². The molecule has 2 fully saturated rings. The SMILES string of the molecule is O=C(O)c1ccc(CNC(=O)N(CC2CC2)C2CC2)cn1. The van der Waals surface area contributed by atoms with E-state index in [0.717, 1.165) is 24.9 Å². The number of carbonyl (C=O) groups excluding carboxylic acids is 1. The molecule has 0 aromatic carbocycles. The zero-order valence-corrected chi connectivity index (χ0v) is 11.8. The number of nitrogens with zero attached hydrogens (tertiary/aromatic N) is 2. The maximum Gasteiger partial charge on any atom is 0.354 e. The highest BCUT2D eigenvalue weighted by atomic mass is 16.4. The quantitative estimate of drug-likeness (QED) is 0.837. The van der Waals surface area contributed by atoms with Crippen molar-refractivity contribution in [2.75, 3.05) is 6.54 Å². The maximum atomic E-state index is 12.2. The molecular weight excluding hydrogens is 270 g/mol. The third kappa shape index (κ3) is 3.71. The highest BCUT2D eigenvalue weighted by molar-refractivity contribution is 5.85. The zero-order valence-electron chi connectivity index (χ0n) is 11.8. The fraction of sp³-hybridized carbons (Fsp3) is 0.533. The van der Waals surface area contributed by atoms with Crippen LogP contribution in [0.3, 0.4) is 0 Å². The zero-order chi connectivity index (χ0) is 14.8. The number of hydrogen-bond acceptors (Lipinski definition) is 3. The summed E-state index contributed by atoms with van der Waals surface area (Å²) < 4.78 is 0. The lowest BCUT2D eigenvalue weighted by atomic mass is 10.2.